The zero-order valence-corrected chi connectivity index (χ0v) is 12.2. The summed E-state index contributed by atoms with van der Waals surface area (Å²) in [6.07, 6.45) is 3.38. The molecule has 5 heteroatoms. The third-order valence-electron chi connectivity index (χ3n) is 2.76. The van der Waals surface area contributed by atoms with Crippen molar-refractivity contribution in [2.45, 2.75) is 39.7 Å². The number of hydrogen-bond donors (Lipinski definition) is 1. The van der Waals surface area contributed by atoms with Crippen LogP contribution in [-0.4, -0.2) is 22.1 Å². The third-order valence-corrected chi connectivity index (χ3v) is 3.34. The maximum Gasteiger partial charge on any atom is 0.184 e. The van der Waals surface area contributed by atoms with Gasteiger partial charge in [0.25, 0.3) is 0 Å². The lowest BCUT2D eigenvalue weighted by atomic mass is 9.98. The molecule has 0 radical (unpaired) electrons. The summed E-state index contributed by atoms with van der Waals surface area (Å²) in [6, 6.07) is 0.182. The number of Topliss-reactive ketones (excluding diaryl/α,β-unsaturated/α-hetero) is 1. The van der Waals surface area contributed by atoms with E-state index in [0.717, 1.165) is 17.3 Å². The maximum atomic E-state index is 12.3. The Balaban J connectivity index is 2.91. The summed E-state index contributed by atoms with van der Waals surface area (Å²) in [7, 11) is 0. The Bertz CT molecular complexity index is 387. The third kappa shape index (κ3) is 3.39. The number of carbonyl (C=O) groups is 1. The Kier molecular flexibility index (Phi) is 5.33. The predicted octanol–water partition coefficient (Wildman–Crippen LogP) is 2.78. The summed E-state index contributed by atoms with van der Waals surface area (Å²) in [5.41, 5.74) is 6.14. The Morgan fingerprint density at radius 2 is 2.18 bits per heavy atom. The second-order valence-corrected chi connectivity index (χ2v) is 5.43. The summed E-state index contributed by atoms with van der Waals surface area (Å²) in [6.45, 7) is 6.60. The van der Waals surface area contributed by atoms with Gasteiger partial charge in [0.05, 0.1) is 10.7 Å². The fourth-order valence-corrected chi connectivity index (χ4v) is 2.22. The quantitative estimate of drug-likeness (QED) is 0.822. The summed E-state index contributed by atoms with van der Waals surface area (Å²) in [5.74, 6) is 0.126. The van der Waals surface area contributed by atoms with Gasteiger partial charge >= 0.3 is 0 Å². The zero-order valence-electron chi connectivity index (χ0n) is 10.6. The molecule has 0 aromatic carbocycles. The van der Waals surface area contributed by atoms with Crippen LogP contribution in [0.4, 0.5) is 0 Å². The largest absolute Gasteiger partial charge is 0.330 e. The molecular weight excluding hydrogens is 282 g/mol. The smallest absolute Gasteiger partial charge is 0.184 e. The van der Waals surface area contributed by atoms with Crippen molar-refractivity contribution >= 4 is 21.7 Å². The van der Waals surface area contributed by atoms with Gasteiger partial charge in [-0.3, -0.25) is 9.48 Å². The predicted molar refractivity (Wildman–Crippen MR) is 72.1 cm³/mol. The summed E-state index contributed by atoms with van der Waals surface area (Å²) < 4.78 is 2.54. The van der Waals surface area contributed by atoms with Crippen LogP contribution in [-0.2, 0) is 0 Å². The van der Waals surface area contributed by atoms with Gasteiger partial charge in [-0.15, -0.1) is 0 Å². The topological polar surface area (TPSA) is 60.9 Å². The van der Waals surface area contributed by atoms with Crippen LogP contribution in [0.15, 0.2) is 10.7 Å². The molecule has 0 fully saturated rings. The number of aromatic nitrogens is 2. The van der Waals surface area contributed by atoms with Crippen LogP contribution in [0.25, 0.3) is 0 Å². The normalized spacial score (nSPS) is 13.1. The molecule has 0 saturated heterocycles. The van der Waals surface area contributed by atoms with Crippen LogP contribution in [0.2, 0.25) is 0 Å². The van der Waals surface area contributed by atoms with Crippen LogP contribution >= 0.6 is 15.9 Å². The van der Waals surface area contributed by atoms with Crippen molar-refractivity contribution in [1.82, 2.24) is 9.78 Å². The first kappa shape index (κ1) is 14.4. The summed E-state index contributed by atoms with van der Waals surface area (Å²) in [4.78, 5) is 12.3. The number of rotatable bonds is 6. The lowest BCUT2D eigenvalue weighted by molar-refractivity contribution is 0.0909. The number of halogens is 1. The molecule has 1 rings (SSSR count). The van der Waals surface area contributed by atoms with E-state index in [4.69, 9.17) is 5.73 Å². The van der Waals surface area contributed by atoms with Gasteiger partial charge in [-0.1, -0.05) is 6.92 Å². The van der Waals surface area contributed by atoms with E-state index < -0.39 is 0 Å². The number of hydrogen-bond acceptors (Lipinski definition) is 3. The highest BCUT2D eigenvalue weighted by molar-refractivity contribution is 9.10. The van der Waals surface area contributed by atoms with Gasteiger partial charge in [0, 0.05) is 12.0 Å². The number of ketones is 1. The van der Waals surface area contributed by atoms with Gasteiger partial charge in [-0.25, -0.2) is 0 Å². The number of nitrogens with zero attached hydrogens (tertiary/aromatic N) is 2. The minimum Gasteiger partial charge on any atom is -0.330 e. The molecule has 0 aliphatic carbocycles. The van der Waals surface area contributed by atoms with Crippen LogP contribution in [0.3, 0.4) is 0 Å². The molecule has 1 aromatic heterocycles. The maximum absolute atomic E-state index is 12.3. The molecular formula is C12H20BrN3O. The van der Waals surface area contributed by atoms with Crippen LogP contribution in [0.1, 0.15) is 50.1 Å². The minimum absolute atomic E-state index is 0.0101. The van der Waals surface area contributed by atoms with Gasteiger partial charge in [0.1, 0.15) is 5.69 Å². The molecule has 0 amide bonds. The van der Waals surface area contributed by atoms with Crippen molar-refractivity contribution in [3.05, 3.63) is 16.4 Å². The molecule has 1 unspecified atom stereocenters. The average molecular weight is 302 g/mol. The Morgan fingerprint density at radius 3 is 2.71 bits per heavy atom. The SMILES string of the molecule is CC(CCCN)C(=O)c1c(Br)cnn1C(C)C. The molecule has 1 aromatic rings. The Hall–Kier alpha value is -0.680. The molecule has 0 aliphatic heterocycles. The van der Waals surface area contributed by atoms with E-state index in [-0.39, 0.29) is 17.7 Å². The van der Waals surface area contributed by atoms with E-state index in [2.05, 4.69) is 21.0 Å². The summed E-state index contributed by atoms with van der Waals surface area (Å²) in [5, 5.41) is 4.22. The monoisotopic (exact) mass is 301 g/mol. The zero-order chi connectivity index (χ0) is 13.0. The van der Waals surface area contributed by atoms with Crippen molar-refractivity contribution in [3.63, 3.8) is 0 Å². The summed E-state index contributed by atoms with van der Waals surface area (Å²) >= 11 is 3.39. The lowest BCUT2D eigenvalue weighted by Gasteiger charge is -2.14. The Labute approximate surface area is 111 Å². The fourth-order valence-electron chi connectivity index (χ4n) is 1.75. The van der Waals surface area contributed by atoms with Crippen molar-refractivity contribution in [2.75, 3.05) is 6.54 Å². The number of nitrogens with two attached hydrogens (primary N) is 1. The first-order valence-electron chi connectivity index (χ1n) is 5.96. The molecule has 1 atom stereocenters. The molecule has 0 bridgehead atoms. The molecule has 1 heterocycles. The van der Waals surface area contributed by atoms with E-state index in [9.17, 15) is 4.79 Å². The van der Waals surface area contributed by atoms with Crippen molar-refractivity contribution in [2.24, 2.45) is 11.7 Å². The van der Waals surface area contributed by atoms with E-state index >= 15 is 0 Å². The lowest BCUT2D eigenvalue weighted by Crippen LogP contribution is -2.19. The van der Waals surface area contributed by atoms with Gasteiger partial charge in [0.2, 0.25) is 0 Å². The average Bonchev–Trinajstić information content (AvgIpc) is 2.67. The molecule has 96 valence electrons. The van der Waals surface area contributed by atoms with E-state index in [1.54, 1.807) is 10.9 Å². The first-order chi connectivity index (χ1) is 7.99. The Morgan fingerprint density at radius 1 is 1.53 bits per heavy atom. The highest BCUT2D eigenvalue weighted by Crippen LogP contribution is 2.24. The molecule has 0 saturated carbocycles. The van der Waals surface area contributed by atoms with Crippen LogP contribution in [0.5, 0.6) is 0 Å². The highest BCUT2D eigenvalue weighted by atomic mass is 79.9. The standard InChI is InChI=1S/C12H20BrN3O/c1-8(2)16-11(10(13)7-15-16)12(17)9(3)5-4-6-14/h7-9H,4-6,14H2,1-3H3. The van der Waals surface area contributed by atoms with E-state index in [0.29, 0.717) is 12.2 Å². The van der Waals surface area contributed by atoms with Crippen molar-refractivity contribution in [3.8, 4) is 0 Å². The first-order valence-corrected chi connectivity index (χ1v) is 6.75. The molecule has 17 heavy (non-hydrogen) atoms. The van der Waals surface area contributed by atoms with Gasteiger partial charge in [0.15, 0.2) is 5.78 Å². The number of carbonyl (C=O) groups excluding carboxylic acids is 1. The van der Waals surface area contributed by atoms with Gasteiger partial charge in [-0.05, 0) is 49.2 Å². The second-order valence-electron chi connectivity index (χ2n) is 4.58. The molecule has 4 nitrogen and oxygen atoms in total. The van der Waals surface area contributed by atoms with Gasteiger partial charge in [-0.2, -0.15) is 5.10 Å². The molecule has 2 N–H and O–H groups in total. The molecule has 0 aliphatic rings. The van der Waals surface area contributed by atoms with Crippen LogP contribution < -0.4 is 5.73 Å². The fraction of sp³-hybridized carbons (Fsp3) is 0.667. The van der Waals surface area contributed by atoms with Crippen molar-refractivity contribution < 1.29 is 4.79 Å². The van der Waals surface area contributed by atoms with Gasteiger partial charge < -0.3 is 5.73 Å². The minimum atomic E-state index is -0.0101. The molecule has 0 spiro atoms. The van der Waals surface area contributed by atoms with E-state index in [1.807, 2.05) is 20.8 Å². The van der Waals surface area contributed by atoms with E-state index in [1.165, 1.54) is 0 Å². The highest BCUT2D eigenvalue weighted by Gasteiger charge is 2.23. The second kappa shape index (κ2) is 6.31. The van der Waals surface area contributed by atoms with Crippen molar-refractivity contribution in [1.29, 1.82) is 0 Å². The van der Waals surface area contributed by atoms with Crippen LogP contribution in [0, 0.1) is 5.92 Å².